The van der Waals surface area contributed by atoms with Crippen LogP contribution in [0.3, 0.4) is 0 Å². The van der Waals surface area contributed by atoms with Gasteiger partial charge < -0.3 is 19.5 Å². The molecule has 0 fully saturated rings. The van der Waals surface area contributed by atoms with Gasteiger partial charge in [0.15, 0.2) is 11.5 Å². The van der Waals surface area contributed by atoms with Crippen molar-refractivity contribution in [2.75, 3.05) is 26.1 Å². The van der Waals surface area contributed by atoms with Crippen LogP contribution in [0.2, 0.25) is 0 Å². The summed E-state index contributed by atoms with van der Waals surface area (Å²) in [6.07, 6.45) is 1.63. The maximum Gasteiger partial charge on any atom is 0.225 e. The minimum absolute atomic E-state index is 0.416. The van der Waals surface area contributed by atoms with Crippen LogP contribution in [0.5, 0.6) is 23.1 Å². The maximum absolute atomic E-state index is 5.77. The molecule has 106 valence electrons. The van der Waals surface area contributed by atoms with Crippen molar-refractivity contribution in [3.63, 3.8) is 0 Å². The number of nitrogens with zero attached hydrogens (tertiary/aromatic N) is 2. The van der Waals surface area contributed by atoms with Gasteiger partial charge in [-0.2, -0.15) is 4.98 Å². The molecule has 0 spiro atoms. The van der Waals surface area contributed by atoms with Gasteiger partial charge in [-0.3, -0.25) is 0 Å². The van der Waals surface area contributed by atoms with Crippen LogP contribution in [0, 0.1) is 0 Å². The molecule has 0 radical (unpaired) electrons. The van der Waals surface area contributed by atoms with Crippen molar-refractivity contribution in [2.45, 2.75) is 6.92 Å². The zero-order valence-corrected chi connectivity index (χ0v) is 11.7. The number of hydrogen-bond acceptors (Lipinski definition) is 6. The molecule has 6 nitrogen and oxygen atoms in total. The Labute approximate surface area is 117 Å². The molecule has 1 aromatic heterocycles. The molecule has 0 saturated carbocycles. The van der Waals surface area contributed by atoms with Gasteiger partial charge in [-0.1, -0.05) is 6.07 Å². The third-order valence-corrected chi connectivity index (χ3v) is 2.55. The first-order valence-corrected chi connectivity index (χ1v) is 6.24. The largest absolute Gasteiger partial charge is 0.493 e. The van der Waals surface area contributed by atoms with E-state index in [-0.39, 0.29) is 0 Å². The van der Waals surface area contributed by atoms with Crippen LogP contribution < -0.4 is 19.5 Å². The molecule has 0 amide bonds. The summed E-state index contributed by atoms with van der Waals surface area (Å²) >= 11 is 0. The van der Waals surface area contributed by atoms with Crippen LogP contribution in [0.25, 0.3) is 0 Å². The summed E-state index contributed by atoms with van der Waals surface area (Å²) in [6, 6.07) is 7.09. The third kappa shape index (κ3) is 3.09. The monoisotopic (exact) mass is 275 g/mol. The third-order valence-electron chi connectivity index (χ3n) is 2.55. The Hall–Kier alpha value is -2.50. The quantitative estimate of drug-likeness (QED) is 0.874. The fraction of sp³-hybridized carbons (Fsp3) is 0.286. The zero-order chi connectivity index (χ0) is 14.4. The van der Waals surface area contributed by atoms with E-state index in [4.69, 9.17) is 14.2 Å². The molecule has 2 aromatic rings. The highest BCUT2D eigenvalue weighted by Crippen LogP contribution is 2.39. The van der Waals surface area contributed by atoms with Crippen LogP contribution in [0.1, 0.15) is 6.92 Å². The summed E-state index contributed by atoms with van der Waals surface area (Å²) in [5.41, 5.74) is 0. The summed E-state index contributed by atoms with van der Waals surface area (Å²) < 4.78 is 16.3. The van der Waals surface area contributed by atoms with E-state index in [0.29, 0.717) is 29.1 Å². The molecule has 2 rings (SSSR count). The SMILES string of the molecule is CCNc1nccc(Oc2c(OC)cccc2OC)n1. The van der Waals surface area contributed by atoms with Crippen LogP contribution in [-0.4, -0.2) is 30.7 Å². The number of ether oxygens (including phenoxy) is 3. The van der Waals surface area contributed by atoms with Gasteiger partial charge >= 0.3 is 0 Å². The van der Waals surface area contributed by atoms with E-state index in [1.807, 2.05) is 13.0 Å². The molecule has 0 unspecified atom stereocenters. The smallest absolute Gasteiger partial charge is 0.225 e. The number of anilines is 1. The average molecular weight is 275 g/mol. The predicted octanol–water partition coefficient (Wildman–Crippen LogP) is 2.72. The van der Waals surface area contributed by atoms with Gasteiger partial charge in [0.2, 0.25) is 17.6 Å². The van der Waals surface area contributed by atoms with E-state index in [2.05, 4.69) is 15.3 Å². The average Bonchev–Trinajstić information content (AvgIpc) is 2.48. The molecule has 0 aliphatic carbocycles. The maximum atomic E-state index is 5.77. The minimum Gasteiger partial charge on any atom is -0.493 e. The Balaban J connectivity index is 2.31. The molecule has 0 bridgehead atoms. The van der Waals surface area contributed by atoms with Crippen molar-refractivity contribution >= 4 is 5.95 Å². The Morgan fingerprint density at radius 3 is 2.40 bits per heavy atom. The lowest BCUT2D eigenvalue weighted by Crippen LogP contribution is -2.02. The second-order valence-electron chi connectivity index (χ2n) is 3.84. The normalized spacial score (nSPS) is 9.95. The fourth-order valence-electron chi connectivity index (χ4n) is 1.66. The fourth-order valence-corrected chi connectivity index (χ4v) is 1.66. The number of rotatable bonds is 6. The first kappa shape index (κ1) is 13.9. The molecular formula is C14H17N3O3. The van der Waals surface area contributed by atoms with Crippen molar-refractivity contribution in [1.82, 2.24) is 9.97 Å². The second-order valence-corrected chi connectivity index (χ2v) is 3.84. The molecule has 1 heterocycles. The molecule has 20 heavy (non-hydrogen) atoms. The van der Waals surface area contributed by atoms with Gasteiger partial charge in [-0.15, -0.1) is 0 Å². The number of nitrogens with one attached hydrogen (secondary N) is 1. The summed E-state index contributed by atoms with van der Waals surface area (Å²) in [5.74, 6) is 2.57. The first-order chi connectivity index (χ1) is 9.78. The topological polar surface area (TPSA) is 65.5 Å². The Kier molecular flexibility index (Phi) is 4.60. The molecule has 0 aliphatic rings. The second kappa shape index (κ2) is 6.60. The number of benzene rings is 1. The number of methoxy groups -OCH3 is 2. The summed E-state index contributed by atoms with van der Waals surface area (Å²) in [7, 11) is 3.15. The highest BCUT2D eigenvalue weighted by Gasteiger charge is 2.13. The van der Waals surface area contributed by atoms with Gasteiger partial charge in [0.1, 0.15) is 0 Å². The predicted molar refractivity (Wildman–Crippen MR) is 75.8 cm³/mol. The molecule has 1 N–H and O–H groups in total. The van der Waals surface area contributed by atoms with E-state index in [0.717, 1.165) is 6.54 Å². The number of para-hydroxylation sites is 1. The van der Waals surface area contributed by atoms with Crippen LogP contribution in [0.4, 0.5) is 5.95 Å². The Morgan fingerprint density at radius 1 is 1.10 bits per heavy atom. The minimum atomic E-state index is 0.416. The lowest BCUT2D eigenvalue weighted by atomic mass is 10.3. The zero-order valence-electron chi connectivity index (χ0n) is 11.7. The molecule has 0 saturated heterocycles. The van der Waals surface area contributed by atoms with E-state index in [9.17, 15) is 0 Å². The van der Waals surface area contributed by atoms with Crippen LogP contribution in [0.15, 0.2) is 30.5 Å². The first-order valence-electron chi connectivity index (χ1n) is 6.24. The Bertz CT molecular complexity index is 553. The summed E-state index contributed by atoms with van der Waals surface area (Å²) in [4.78, 5) is 8.34. The molecule has 6 heteroatoms. The lowest BCUT2D eigenvalue weighted by Gasteiger charge is -2.13. The van der Waals surface area contributed by atoms with Crippen molar-refractivity contribution in [2.24, 2.45) is 0 Å². The molecule has 0 atom stereocenters. The van der Waals surface area contributed by atoms with E-state index in [1.54, 1.807) is 38.6 Å². The Morgan fingerprint density at radius 2 is 1.80 bits per heavy atom. The molecule has 0 aliphatic heterocycles. The highest BCUT2D eigenvalue weighted by molar-refractivity contribution is 5.52. The van der Waals surface area contributed by atoms with Crippen LogP contribution >= 0.6 is 0 Å². The number of hydrogen-bond donors (Lipinski definition) is 1. The van der Waals surface area contributed by atoms with Crippen molar-refractivity contribution < 1.29 is 14.2 Å². The number of aromatic nitrogens is 2. The van der Waals surface area contributed by atoms with Crippen molar-refractivity contribution in [3.8, 4) is 23.1 Å². The molecular weight excluding hydrogens is 258 g/mol. The van der Waals surface area contributed by atoms with Crippen molar-refractivity contribution in [3.05, 3.63) is 30.5 Å². The summed E-state index contributed by atoms with van der Waals surface area (Å²) in [5, 5.41) is 3.03. The van der Waals surface area contributed by atoms with Gasteiger partial charge in [-0.05, 0) is 19.1 Å². The van der Waals surface area contributed by atoms with Gasteiger partial charge in [-0.25, -0.2) is 4.98 Å². The van der Waals surface area contributed by atoms with E-state index in [1.165, 1.54) is 0 Å². The lowest BCUT2D eigenvalue weighted by molar-refractivity contribution is 0.342. The van der Waals surface area contributed by atoms with Gasteiger partial charge in [0.05, 0.1) is 14.2 Å². The van der Waals surface area contributed by atoms with Crippen LogP contribution in [-0.2, 0) is 0 Å². The standard InChI is InChI=1S/C14H17N3O3/c1-4-15-14-16-9-8-12(17-14)20-13-10(18-2)6-5-7-11(13)19-3/h5-9H,4H2,1-3H3,(H,15,16,17). The van der Waals surface area contributed by atoms with Gasteiger partial charge in [0, 0.05) is 18.8 Å². The van der Waals surface area contributed by atoms with E-state index < -0.39 is 0 Å². The van der Waals surface area contributed by atoms with E-state index >= 15 is 0 Å². The highest BCUT2D eigenvalue weighted by atomic mass is 16.5. The van der Waals surface area contributed by atoms with Crippen molar-refractivity contribution in [1.29, 1.82) is 0 Å². The summed E-state index contributed by atoms with van der Waals surface area (Å²) in [6.45, 7) is 2.71. The molecule has 1 aromatic carbocycles. The van der Waals surface area contributed by atoms with Gasteiger partial charge in [0.25, 0.3) is 0 Å².